The van der Waals surface area contributed by atoms with Gasteiger partial charge in [0.25, 0.3) is 0 Å². The first-order valence-electron chi connectivity index (χ1n) is 4.45. The molecule has 1 N–H and O–H groups in total. The summed E-state index contributed by atoms with van der Waals surface area (Å²) in [5, 5.41) is 3.41. The second kappa shape index (κ2) is 1.97. The second-order valence-corrected chi connectivity index (χ2v) is 3.65. The fraction of sp³-hybridized carbons (Fsp3) is 1.00. The van der Waals surface area contributed by atoms with Gasteiger partial charge in [0.2, 0.25) is 0 Å². The van der Waals surface area contributed by atoms with Gasteiger partial charge in [0.1, 0.15) is 0 Å². The van der Waals surface area contributed by atoms with Crippen molar-refractivity contribution in [2.75, 3.05) is 13.2 Å². The Hall–Kier alpha value is -0.120. The summed E-state index contributed by atoms with van der Waals surface area (Å²) in [6, 6.07) is 1.21. The molecular formula is C8H13NO2. The molecule has 3 nitrogen and oxygen atoms in total. The number of ether oxygens (including phenoxy) is 2. The van der Waals surface area contributed by atoms with Crippen LogP contribution in [0.25, 0.3) is 0 Å². The first kappa shape index (κ1) is 6.40. The van der Waals surface area contributed by atoms with Crippen LogP contribution in [0.4, 0.5) is 0 Å². The van der Waals surface area contributed by atoms with Crippen molar-refractivity contribution in [1.29, 1.82) is 0 Å². The van der Waals surface area contributed by atoms with E-state index >= 15 is 0 Å². The lowest BCUT2D eigenvalue weighted by atomic mass is 9.94. The van der Waals surface area contributed by atoms with Gasteiger partial charge in [-0.1, -0.05) is 0 Å². The van der Waals surface area contributed by atoms with Crippen LogP contribution in [0.5, 0.6) is 0 Å². The molecule has 3 aliphatic rings. The third-order valence-corrected chi connectivity index (χ3v) is 2.98. The highest BCUT2D eigenvalue weighted by Gasteiger charge is 2.58. The van der Waals surface area contributed by atoms with Crippen LogP contribution in [0.3, 0.4) is 0 Å². The van der Waals surface area contributed by atoms with E-state index in [1.165, 1.54) is 12.8 Å². The van der Waals surface area contributed by atoms with E-state index in [0.29, 0.717) is 12.1 Å². The maximum absolute atomic E-state index is 5.65. The maximum atomic E-state index is 5.65. The molecule has 1 saturated carbocycles. The molecule has 11 heavy (non-hydrogen) atoms. The molecule has 2 atom stereocenters. The predicted octanol–water partition coefficient (Wildman–Crippen LogP) is 0.254. The van der Waals surface area contributed by atoms with Crippen LogP contribution in [0.1, 0.15) is 19.3 Å². The van der Waals surface area contributed by atoms with Crippen molar-refractivity contribution in [3.63, 3.8) is 0 Å². The van der Waals surface area contributed by atoms with E-state index < -0.39 is 0 Å². The molecule has 0 aromatic heterocycles. The molecule has 0 bridgehead atoms. The Balaban J connectivity index is 1.84. The van der Waals surface area contributed by atoms with E-state index in [1.54, 1.807) is 0 Å². The minimum atomic E-state index is -0.205. The van der Waals surface area contributed by atoms with Gasteiger partial charge in [-0.2, -0.15) is 0 Å². The topological polar surface area (TPSA) is 40.4 Å². The van der Waals surface area contributed by atoms with Gasteiger partial charge in [0.15, 0.2) is 5.79 Å². The maximum Gasteiger partial charge on any atom is 0.185 e. The van der Waals surface area contributed by atoms with Crippen molar-refractivity contribution in [3.8, 4) is 0 Å². The summed E-state index contributed by atoms with van der Waals surface area (Å²) in [6.07, 6.45) is 3.63. The molecular weight excluding hydrogens is 142 g/mol. The molecule has 2 saturated heterocycles. The highest BCUT2D eigenvalue weighted by Crippen LogP contribution is 2.42. The quantitative estimate of drug-likeness (QED) is 0.510. The van der Waals surface area contributed by atoms with Crippen molar-refractivity contribution in [2.24, 2.45) is 0 Å². The van der Waals surface area contributed by atoms with Gasteiger partial charge in [-0.05, 0) is 12.8 Å². The van der Waals surface area contributed by atoms with Crippen LogP contribution < -0.4 is 5.32 Å². The van der Waals surface area contributed by atoms with Gasteiger partial charge < -0.3 is 14.8 Å². The Labute approximate surface area is 66.1 Å². The van der Waals surface area contributed by atoms with Gasteiger partial charge in [-0.25, -0.2) is 0 Å². The molecule has 2 aliphatic heterocycles. The zero-order chi connectivity index (χ0) is 7.31. The van der Waals surface area contributed by atoms with E-state index in [2.05, 4.69) is 5.32 Å². The standard InChI is InChI=1S/C8H13NO2/c1-2-6-7(9-6)8(3-1)10-4-5-11-8/h6-7,9H,1-5H2. The normalized spacial score (nSPS) is 45.8. The van der Waals surface area contributed by atoms with Gasteiger partial charge >= 0.3 is 0 Å². The molecule has 0 amide bonds. The summed E-state index contributed by atoms with van der Waals surface area (Å²) in [4.78, 5) is 0. The summed E-state index contributed by atoms with van der Waals surface area (Å²) < 4.78 is 11.3. The van der Waals surface area contributed by atoms with Gasteiger partial charge in [-0.15, -0.1) is 0 Å². The number of hydrogen-bond acceptors (Lipinski definition) is 3. The third kappa shape index (κ3) is 0.789. The molecule has 3 fully saturated rings. The number of fused-ring (bicyclic) bond motifs is 2. The summed E-state index contributed by atoms with van der Waals surface area (Å²) >= 11 is 0. The Morgan fingerprint density at radius 1 is 1.27 bits per heavy atom. The van der Waals surface area contributed by atoms with Crippen LogP contribution in [0, 0.1) is 0 Å². The lowest BCUT2D eigenvalue weighted by Crippen LogP contribution is -2.40. The van der Waals surface area contributed by atoms with Crippen LogP contribution in [-0.4, -0.2) is 31.1 Å². The summed E-state index contributed by atoms with van der Waals surface area (Å²) in [5.41, 5.74) is 0. The highest BCUT2D eigenvalue weighted by atomic mass is 16.7. The van der Waals surface area contributed by atoms with Crippen molar-refractivity contribution in [2.45, 2.75) is 37.1 Å². The van der Waals surface area contributed by atoms with Crippen molar-refractivity contribution in [1.82, 2.24) is 5.32 Å². The molecule has 0 radical (unpaired) electrons. The van der Waals surface area contributed by atoms with E-state index in [9.17, 15) is 0 Å². The molecule has 0 aromatic carbocycles. The van der Waals surface area contributed by atoms with Gasteiger partial charge in [0, 0.05) is 12.5 Å². The molecule has 1 aliphatic carbocycles. The Morgan fingerprint density at radius 3 is 2.91 bits per heavy atom. The molecule has 2 unspecified atom stereocenters. The molecule has 1 spiro atoms. The summed E-state index contributed by atoms with van der Waals surface area (Å²) in [7, 11) is 0. The number of hydrogen-bond donors (Lipinski definition) is 1. The lowest BCUT2D eigenvalue weighted by molar-refractivity contribution is -0.168. The van der Waals surface area contributed by atoms with Crippen molar-refractivity contribution < 1.29 is 9.47 Å². The van der Waals surface area contributed by atoms with Crippen LogP contribution in [0.15, 0.2) is 0 Å². The lowest BCUT2D eigenvalue weighted by Gasteiger charge is -2.29. The molecule has 0 aromatic rings. The SMILES string of the molecule is C1CC2NC2C2(C1)OCCO2. The smallest absolute Gasteiger partial charge is 0.185 e. The van der Waals surface area contributed by atoms with Crippen LogP contribution >= 0.6 is 0 Å². The molecule has 3 heteroatoms. The minimum Gasteiger partial charge on any atom is -0.346 e. The average molecular weight is 155 g/mol. The average Bonchev–Trinajstić information content (AvgIpc) is 2.68. The van der Waals surface area contributed by atoms with Crippen LogP contribution in [-0.2, 0) is 9.47 Å². The fourth-order valence-corrected chi connectivity index (χ4v) is 2.38. The van der Waals surface area contributed by atoms with E-state index in [0.717, 1.165) is 19.6 Å². The predicted molar refractivity (Wildman–Crippen MR) is 39.2 cm³/mol. The monoisotopic (exact) mass is 155 g/mol. The largest absolute Gasteiger partial charge is 0.346 e. The highest BCUT2D eigenvalue weighted by molar-refractivity contribution is 5.11. The molecule has 62 valence electrons. The van der Waals surface area contributed by atoms with E-state index in [1.807, 2.05) is 0 Å². The fourth-order valence-electron chi connectivity index (χ4n) is 2.38. The Kier molecular flexibility index (Phi) is 1.15. The third-order valence-electron chi connectivity index (χ3n) is 2.98. The van der Waals surface area contributed by atoms with Gasteiger partial charge in [0.05, 0.1) is 19.3 Å². The minimum absolute atomic E-state index is 0.205. The van der Waals surface area contributed by atoms with Crippen LogP contribution in [0.2, 0.25) is 0 Å². The zero-order valence-electron chi connectivity index (χ0n) is 6.51. The van der Waals surface area contributed by atoms with Crippen molar-refractivity contribution in [3.05, 3.63) is 0 Å². The van der Waals surface area contributed by atoms with Gasteiger partial charge in [-0.3, -0.25) is 0 Å². The zero-order valence-corrected chi connectivity index (χ0v) is 6.51. The first-order chi connectivity index (χ1) is 5.41. The van der Waals surface area contributed by atoms with Crippen molar-refractivity contribution >= 4 is 0 Å². The summed E-state index contributed by atoms with van der Waals surface area (Å²) in [6.45, 7) is 1.57. The number of rotatable bonds is 0. The van der Waals surface area contributed by atoms with E-state index in [-0.39, 0.29) is 5.79 Å². The summed E-state index contributed by atoms with van der Waals surface area (Å²) in [5.74, 6) is -0.205. The molecule has 3 rings (SSSR count). The molecule has 2 heterocycles. The Bertz CT molecular complexity index is 177. The second-order valence-electron chi connectivity index (χ2n) is 3.65. The number of nitrogens with one attached hydrogen (secondary N) is 1. The first-order valence-corrected chi connectivity index (χ1v) is 4.45. The Morgan fingerprint density at radius 2 is 2.09 bits per heavy atom. The van der Waals surface area contributed by atoms with E-state index in [4.69, 9.17) is 9.47 Å².